The Balaban J connectivity index is 2.46. The summed E-state index contributed by atoms with van der Waals surface area (Å²) in [5, 5.41) is 3.94. The molecule has 1 atom stereocenters. The fraction of sp³-hybridized carbons (Fsp3) is 0.714. The van der Waals surface area contributed by atoms with Crippen LogP contribution in [-0.4, -0.2) is 35.7 Å². The van der Waals surface area contributed by atoms with Gasteiger partial charge < -0.3 is 15.8 Å². The highest BCUT2D eigenvalue weighted by molar-refractivity contribution is 7.09. The molecule has 0 saturated heterocycles. The lowest BCUT2D eigenvalue weighted by Gasteiger charge is -2.13. The lowest BCUT2D eigenvalue weighted by molar-refractivity contribution is 0.187. The Kier molecular flexibility index (Phi) is 4.07. The van der Waals surface area contributed by atoms with Crippen LogP contribution in [0.4, 0.5) is 5.13 Å². The molecule has 1 aromatic heterocycles. The average Bonchev–Trinajstić information content (AvgIpc) is 2.50. The lowest BCUT2D eigenvalue weighted by atomic mass is 10.3. The van der Waals surface area contributed by atoms with Crippen molar-refractivity contribution in [2.45, 2.75) is 13.0 Å². The van der Waals surface area contributed by atoms with Crippen LogP contribution in [0.2, 0.25) is 0 Å². The molecule has 1 heterocycles. The second-order valence-corrected chi connectivity index (χ2v) is 3.43. The number of aryl methyl sites for hydroxylation is 1. The summed E-state index contributed by atoms with van der Waals surface area (Å²) < 4.78 is 9.04. The standard InChI is InChI=1S/C7H14N4OS/c1-5-9-7(13-11-5)10-6(3-8)4-12-2/h6H,3-4,8H2,1-2H3,(H,9,10,11). The van der Waals surface area contributed by atoms with Gasteiger partial charge in [-0.15, -0.1) is 0 Å². The van der Waals surface area contributed by atoms with Crippen molar-refractivity contribution in [1.82, 2.24) is 9.36 Å². The van der Waals surface area contributed by atoms with Gasteiger partial charge in [-0.05, 0) is 6.92 Å². The van der Waals surface area contributed by atoms with E-state index in [1.165, 1.54) is 11.5 Å². The van der Waals surface area contributed by atoms with Crippen LogP contribution in [0.25, 0.3) is 0 Å². The molecule has 1 rings (SSSR count). The van der Waals surface area contributed by atoms with Crippen LogP contribution in [0.15, 0.2) is 0 Å². The van der Waals surface area contributed by atoms with Crippen molar-refractivity contribution in [3.05, 3.63) is 5.82 Å². The predicted octanol–water partition coefficient (Wildman–Crippen LogP) is 0.232. The fourth-order valence-electron chi connectivity index (χ4n) is 0.900. The Morgan fingerprint density at radius 3 is 2.92 bits per heavy atom. The molecule has 0 bridgehead atoms. The molecule has 0 radical (unpaired) electrons. The molecule has 74 valence electrons. The summed E-state index contributed by atoms with van der Waals surface area (Å²) in [5.41, 5.74) is 5.53. The van der Waals surface area contributed by atoms with Crippen molar-refractivity contribution in [3.63, 3.8) is 0 Å². The molecular weight excluding hydrogens is 188 g/mol. The number of nitrogens with zero attached hydrogens (tertiary/aromatic N) is 2. The Morgan fingerprint density at radius 1 is 1.69 bits per heavy atom. The van der Waals surface area contributed by atoms with Gasteiger partial charge in [0.1, 0.15) is 5.82 Å². The molecule has 3 N–H and O–H groups in total. The monoisotopic (exact) mass is 202 g/mol. The number of hydrogen-bond acceptors (Lipinski definition) is 6. The Morgan fingerprint density at radius 2 is 2.46 bits per heavy atom. The number of anilines is 1. The number of nitrogens with one attached hydrogen (secondary N) is 1. The van der Waals surface area contributed by atoms with Crippen molar-refractivity contribution in [2.75, 3.05) is 25.6 Å². The molecule has 0 aromatic carbocycles. The van der Waals surface area contributed by atoms with Gasteiger partial charge in [0.15, 0.2) is 0 Å². The van der Waals surface area contributed by atoms with E-state index in [9.17, 15) is 0 Å². The van der Waals surface area contributed by atoms with Crippen LogP contribution in [0, 0.1) is 6.92 Å². The molecule has 0 amide bonds. The van der Waals surface area contributed by atoms with Crippen LogP contribution in [0.3, 0.4) is 0 Å². The fourth-order valence-corrected chi connectivity index (χ4v) is 1.55. The van der Waals surface area contributed by atoms with Crippen molar-refractivity contribution < 1.29 is 4.74 Å². The van der Waals surface area contributed by atoms with E-state index < -0.39 is 0 Å². The van der Waals surface area contributed by atoms with Gasteiger partial charge in [0.25, 0.3) is 0 Å². The zero-order valence-electron chi connectivity index (χ0n) is 7.78. The largest absolute Gasteiger partial charge is 0.383 e. The summed E-state index contributed by atoms with van der Waals surface area (Å²) in [6.45, 7) is 2.96. The summed E-state index contributed by atoms with van der Waals surface area (Å²) >= 11 is 1.34. The van der Waals surface area contributed by atoms with Crippen LogP contribution in [0.5, 0.6) is 0 Å². The zero-order valence-corrected chi connectivity index (χ0v) is 8.60. The minimum Gasteiger partial charge on any atom is -0.383 e. The number of aromatic nitrogens is 2. The molecule has 13 heavy (non-hydrogen) atoms. The van der Waals surface area contributed by atoms with Crippen LogP contribution >= 0.6 is 11.5 Å². The van der Waals surface area contributed by atoms with Gasteiger partial charge in [-0.2, -0.15) is 4.37 Å². The molecule has 0 aliphatic heterocycles. The van der Waals surface area contributed by atoms with Crippen molar-refractivity contribution in [2.24, 2.45) is 5.73 Å². The van der Waals surface area contributed by atoms with Gasteiger partial charge in [-0.25, -0.2) is 4.98 Å². The van der Waals surface area contributed by atoms with Gasteiger partial charge in [0.2, 0.25) is 5.13 Å². The molecule has 0 spiro atoms. The van der Waals surface area contributed by atoms with Crippen molar-refractivity contribution in [1.29, 1.82) is 0 Å². The van der Waals surface area contributed by atoms with Crippen LogP contribution in [0.1, 0.15) is 5.82 Å². The Hall–Kier alpha value is -0.720. The second-order valence-electron chi connectivity index (χ2n) is 2.68. The normalized spacial score (nSPS) is 12.8. The maximum Gasteiger partial charge on any atom is 0.202 e. The van der Waals surface area contributed by atoms with E-state index in [1.54, 1.807) is 7.11 Å². The van der Waals surface area contributed by atoms with Crippen molar-refractivity contribution >= 4 is 16.7 Å². The predicted molar refractivity (Wildman–Crippen MR) is 53.0 cm³/mol. The number of hydrogen-bond donors (Lipinski definition) is 2. The highest BCUT2D eigenvalue weighted by atomic mass is 32.1. The first kappa shape index (κ1) is 10.4. The molecule has 0 fully saturated rings. The Labute approximate surface area is 81.5 Å². The summed E-state index contributed by atoms with van der Waals surface area (Å²) in [7, 11) is 1.65. The third-order valence-electron chi connectivity index (χ3n) is 1.51. The van der Waals surface area contributed by atoms with E-state index in [-0.39, 0.29) is 6.04 Å². The summed E-state index contributed by atoms with van der Waals surface area (Å²) in [6.07, 6.45) is 0. The molecule has 5 nitrogen and oxygen atoms in total. The molecule has 0 aliphatic rings. The summed E-state index contributed by atoms with van der Waals surface area (Å²) in [5.74, 6) is 0.778. The van der Waals surface area contributed by atoms with Gasteiger partial charge in [-0.3, -0.25) is 0 Å². The maximum atomic E-state index is 5.53. The number of nitrogens with two attached hydrogens (primary N) is 1. The van der Waals surface area contributed by atoms with Crippen LogP contribution < -0.4 is 11.1 Å². The topological polar surface area (TPSA) is 73.1 Å². The average molecular weight is 202 g/mol. The molecule has 1 unspecified atom stereocenters. The minimum absolute atomic E-state index is 0.109. The lowest BCUT2D eigenvalue weighted by Crippen LogP contribution is -2.32. The van der Waals surface area contributed by atoms with E-state index in [2.05, 4.69) is 14.7 Å². The number of methoxy groups -OCH3 is 1. The van der Waals surface area contributed by atoms with Gasteiger partial charge in [-0.1, -0.05) is 0 Å². The highest BCUT2D eigenvalue weighted by Crippen LogP contribution is 2.11. The van der Waals surface area contributed by atoms with E-state index in [0.29, 0.717) is 13.2 Å². The van der Waals surface area contributed by atoms with Gasteiger partial charge >= 0.3 is 0 Å². The van der Waals surface area contributed by atoms with Crippen LogP contribution in [-0.2, 0) is 4.74 Å². The quantitative estimate of drug-likeness (QED) is 0.715. The first-order chi connectivity index (χ1) is 6.26. The SMILES string of the molecule is COCC(CN)Nc1nc(C)ns1. The maximum absolute atomic E-state index is 5.53. The zero-order chi connectivity index (χ0) is 9.68. The first-order valence-corrected chi connectivity index (χ1v) is 4.79. The first-order valence-electron chi connectivity index (χ1n) is 4.02. The number of ether oxygens (including phenoxy) is 1. The summed E-state index contributed by atoms with van der Waals surface area (Å²) in [4.78, 5) is 4.17. The summed E-state index contributed by atoms with van der Waals surface area (Å²) in [6, 6.07) is 0.109. The van der Waals surface area contributed by atoms with Gasteiger partial charge in [0.05, 0.1) is 12.6 Å². The molecule has 0 aliphatic carbocycles. The third kappa shape index (κ3) is 3.25. The van der Waals surface area contributed by atoms with Gasteiger partial charge in [0, 0.05) is 25.2 Å². The van der Waals surface area contributed by atoms with E-state index >= 15 is 0 Å². The molecule has 6 heteroatoms. The van der Waals surface area contributed by atoms with E-state index in [1.807, 2.05) is 6.92 Å². The Bertz CT molecular complexity index is 252. The molecule has 0 saturated carbocycles. The highest BCUT2D eigenvalue weighted by Gasteiger charge is 2.08. The molecular formula is C7H14N4OS. The second kappa shape index (κ2) is 5.11. The number of rotatable bonds is 5. The third-order valence-corrected chi connectivity index (χ3v) is 2.25. The smallest absolute Gasteiger partial charge is 0.202 e. The van der Waals surface area contributed by atoms with E-state index in [4.69, 9.17) is 10.5 Å². The molecule has 1 aromatic rings. The van der Waals surface area contributed by atoms with E-state index in [0.717, 1.165) is 11.0 Å². The van der Waals surface area contributed by atoms with Crippen molar-refractivity contribution in [3.8, 4) is 0 Å². The minimum atomic E-state index is 0.109.